The van der Waals surface area contributed by atoms with Gasteiger partial charge in [0.15, 0.2) is 12.3 Å². The quantitative estimate of drug-likeness (QED) is 0.466. The van der Waals surface area contributed by atoms with Crippen LogP contribution in [0.3, 0.4) is 0 Å². The zero-order chi connectivity index (χ0) is 22.0. The molecule has 2 aromatic rings. The standard InChI is InChI=1S/C27H27F3O/c1-3-4-22-12-10-21(16-31-22)23-14-11-20(15-25(23)28)18-6-8-19(9-7-18)24-13-5-17(2)26(29)27(24)30/h3-9,11,13-15,21-22,26-27H,10,12,16H2,1-2H3/b4-3+. The van der Waals surface area contributed by atoms with E-state index in [0.29, 0.717) is 28.9 Å². The maximum absolute atomic E-state index is 14.9. The van der Waals surface area contributed by atoms with Crippen molar-refractivity contribution >= 4 is 5.57 Å². The van der Waals surface area contributed by atoms with E-state index in [9.17, 15) is 13.2 Å². The second kappa shape index (κ2) is 9.27. The first-order valence-electron chi connectivity index (χ1n) is 10.8. The highest BCUT2D eigenvalue weighted by molar-refractivity contribution is 5.75. The molecule has 0 amide bonds. The fourth-order valence-electron chi connectivity index (χ4n) is 4.33. The molecule has 0 aromatic heterocycles. The molecule has 1 nitrogen and oxygen atoms in total. The van der Waals surface area contributed by atoms with E-state index in [2.05, 4.69) is 0 Å². The van der Waals surface area contributed by atoms with E-state index in [1.807, 2.05) is 43.3 Å². The topological polar surface area (TPSA) is 9.23 Å². The second-order valence-corrected chi connectivity index (χ2v) is 8.32. The molecule has 0 spiro atoms. The average molecular weight is 425 g/mol. The third kappa shape index (κ3) is 4.54. The number of alkyl halides is 2. The molecule has 4 atom stereocenters. The Labute approximate surface area is 181 Å². The number of rotatable bonds is 4. The molecule has 162 valence electrons. The van der Waals surface area contributed by atoms with Crippen molar-refractivity contribution in [1.82, 2.24) is 0 Å². The first-order chi connectivity index (χ1) is 15.0. The smallest absolute Gasteiger partial charge is 0.161 e. The van der Waals surface area contributed by atoms with Gasteiger partial charge in [-0.3, -0.25) is 0 Å². The minimum absolute atomic E-state index is 0.0582. The summed E-state index contributed by atoms with van der Waals surface area (Å²) in [7, 11) is 0. The molecule has 0 saturated carbocycles. The van der Waals surface area contributed by atoms with Crippen molar-refractivity contribution in [2.45, 2.75) is 51.1 Å². The Bertz CT molecular complexity index is 1010. The van der Waals surface area contributed by atoms with Crippen molar-refractivity contribution in [3.05, 3.63) is 89.3 Å². The van der Waals surface area contributed by atoms with Gasteiger partial charge in [0.2, 0.25) is 0 Å². The van der Waals surface area contributed by atoms with Crippen molar-refractivity contribution in [2.75, 3.05) is 6.61 Å². The molecular weight excluding hydrogens is 397 g/mol. The number of hydrogen-bond acceptors (Lipinski definition) is 1. The molecule has 4 heteroatoms. The van der Waals surface area contributed by atoms with E-state index in [1.165, 1.54) is 0 Å². The summed E-state index contributed by atoms with van der Waals surface area (Å²) in [5, 5.41) is 0. The van der Waals surface area contributed by atoms with Crippen LogP contribution >= 0.6 is 0 Å². The first-order valence-corrected chi connectivity index (χ1v) is 10.8. The van der Waals surface area contributed by atoms with E-state index < -0.39 is 12.3 Å². The Morgan fingerprint density at radius 1 is 0.903 bits per heavy atom. The molecule has 0 radical (unpaired) electrons. The Hall–Kier alpha value is -2.59. The van der Waals surface area contributed by atoms with E-state index in [0.717, 1.165) is 24.0 Å². The Morgan fingerprint density at radius 2 is 1.61 bits per heavy atom. The molecule has 0 bridgehead atoms. The summed E-state index contributed by atoms with van der Waals surface area (Å²) < 4.78 is 49.1. The average Bonchev–Trinajstić information content (AvgIpc) is 2.79. The summed E-state index contributed by atoms with van der Waals surface area (Å²) in [6.07, 6.45) is 5.89. The van der Waals surface area contributed by atoms with Crippen LogP contribution in [0.2, 0.25) is 0 Å². The normalized spacial score (nSPS) is 26.6. The van der Waals surface area contributed by atoms with Crippen LogP contribution in [0.25, 0.3) is 16.7 Å². The number of ether oxygens (including phenoxy) is 1. The van der Waals surface area contributed by atoms with Gasteiger partial charge in [-0.1, -0.05) is 60.7 Å². The van der Waals surface area contributed by atoms with Gasteiger partial charge in [-0.2, -0.15) is 0 Å². The lowest BCUT2D eigenvalue weighted by Crippen LogP contribution is -2.23. The van der Waals surface area contributed by atoms with Gasteiger partial charge in [0.05, 0.1) is 12.7 Å². The molecule has 1 aliphatic carbocycles. The Kier molecular flexibility index (Phi) is 6.47. The largest absolute Gasteiger partial charge is 0.374 e. The lowest BCUT2D eigenvalue weighted by atomic mass is 9.88. The number of halogens is 3. The maximum atomic E-state index is 14.9. The van der Waals surface area contributed by atoms with Gasteiger partial charge < -0.3 is 4.74 Å². The molecule has 2 aromatic carbocycles. The van der Waals surface area contributed by atoms with Gasteiger partial charge in [0.25, 0.3) is 0 Å². The number of allylic oxidation sites excluding steroid dienone is 5. The van der Waals surface area contributed by atoms with Gasteiger partial charge in [0, 0.05) is 5.92 Å². The highest BCUT2D eigenvalue weighted by atomic mass is 19.2. The molecular formula is C27H27F3O. The van der Waals surface area contributed by atoms with Gasteiger partial charge in [-0.15, -0.1) is 0 Å². The van der Waals surface area contributed by atoms with Crippen LogP contribution in [0.1, 0.15) is 43.7 Å². The minimum atomic E-state index is -1.67. The van der Waals surface area contributed by atoms with Crippen molar-refractivity contribution in [1.29, 1.82) is 0 Å². The van der Waals surface area contributed by atoms with E-state index in [1.54, 1.807) is 37.3 Å². The van der Waals surface area contributed by atoms with Crippen LogP contribution in [0.15, 0.2) is 72.3 Å². The minimum Gasteiger partial charge on any atom is -0.374 e. The molecule has 4 rings (SSSR count). The van der Waals surface area contributed by atoms with Gasteiger partial charge in [0.1, 0.15) is 5.82 Å². The fourth-order valence-corrected chi connectivity index (χ4v) is 4.33. The summed E-state index contributed by atoms with van der Waals surface area (Å²) in [6.45, 7) is 4.08. The van der Waals surface area contributed by atoms with Crippen LogP contribution < -0.4 is 0 Å². The summed E-state index contributed by atoms with van der Waals surface area (Å²) >= 11 is 0. The second-order valence-electron chi connectivity index (χ2n) is 8.32. The zero-order valence-electron chi connectivity index (χ0n) is 17.8. The molecule has 2 aliphatic rings. The van der Waals surface area contributed by atoms with Gasteiger partial charge >= 0.3 is 0 Å². The Balaban J connectivity index is 1.50. The lowest BCUT2D eigenvalue weighted by molar-refractivity contribution is 0.0319. The number of hydrogen-bond donors (Lipinski definition) is 0. The van der Waals surface area contributed by atoms with Crippen molar-refractivity contribution in [3.63, 3.8) is 0 Å². The van der Waals surface area contributed by atoms with Crippen LogP contribution in [0, 0.1) is 5.82 Å². The highest BCUT2D eigenvalue weighted by Gasteiger charge is 2.29. The third-order valence-electron chi connectivity index (χ3n) is 6.22. The van der Waals surface area contributed by atoms with Crippen molar-refractivity contribution < 1.29 is 17.9 Å². The van der Waals surface area contributed by atoms with Gasteiger partial charge in [-0.05, 0) is 66.2 Å². The molecule has 1 heterocycles. The SMILES string of the molecule is C/C=C/C1CCC(c2ccc(-c3ccc(C4=CC=C(C)C(F)C4F)cc3)cc2F)CO1. The van der Waals surface area contributed by atoms with E-state index in [4.69, 9.17) is 4.74 Å². The molecule has 1 fully saturated rings. The molecule has 4 unspecified atom stereocenters. The highest BCUT2D eigenvalue weighted by Crippen LogP contribution is 2.35. The van der Waals surface area contributed by atoms with Crippen LogP contribution in [0.4, 0.5) is 13.2 Å². The predicted molar refractivity (Wildman–Crippen MR) is 120 cm³/mol. The molecule has 1 aliphatic heterocycles. The van der Waals surface area contributed by atoms with Crippen molar-refractivity contribution in [2.24, 2.45) is 0 Å². The lowest BCUT2D eigenvalue weighted by Gasteiger charge is -2.28. The van der Waals surface area contributed by atoms with Crippen molar-refractivity contribution in [3.8, 4) is 11.1 Å². The van der Waals surface area contributed by atoms with E-state index in [-0.39, 0.29) is 17.8 Å². The van der Waals surface area contributed by atoms with Crippen LogP contribution in [-0.4, -0.2) is 25.1 Å². The predicted octanol–water partition coefficient (Wildman–Crippen LogP) is 7.35. The maximum Gasteiger partial charge on any atom is 0.161 e. The monoisotopic (exact) mass is 424 g/mol. The molecule has 1 saturated heterocycles. The van der Waals surface area contributed by atoms with E-state index >= 15 is 0 Å². The fraction of sp³-hybridized carbons (Fsp3) is 0.333. The van der Waals surface area contributed by atoms with Gasteiger partial charge in [-0.25, -0.2) is 13.2 Å². The summed E-state index contributed by atoms with van der Waals surface area (Å²) in [6, 6.07) is 12.5. The Morgan fingerprint density at radius 3 is 2.26 bits per heavy atom. The van der Waals surface area contributed by atoms with Crippen LogP contribution in [-0.2, 0) is 4.74 Å². The molecule has 31 heavy (non-hydrogen) atoms. The molecule has 0 N–H and O–H groups in total. The van der Waals surface area contributed by atoms with Crippen LogP contribution in [0.5, 0.6) is 0 Å². The summed E-state index contributed by atoms with van der Waals surface area (Å²) in [5.41, 5.74) is 3.63. The third-order valence-corrected chi connectivity index (χ3v) is 6.22. The summed E-state index contributed by atoms with van der Waals surface area (Å²) in [4.78, 5) is 0. The number of benzene rings is 2. The zero-order valence-corrected chi connectivity index (χ0v) is 17.8. The summed E-state index contributed by atoms with van der Waals surface area (Å²) in [5.74, 6) is -0.179. The first kappa shape index (κ1) is 21.6.